The zero-order chi connectivity index (χ0) is 12.0. The van der Waals surface area contributed by atoms with Crippen molar-refractivity contribution in [1.82, 2.24) is 9.84 Å². The molecule has 0 saturated heterocycles. The number of nitrogen functional groups attached to an aromatic ring is 1. The van der Waals surface area contributed by atoms with Crippen LogP contribution in [0.25, 0.3) is 15.9 Å². The fourth-order valence-electron chi connectivity index (χ4n) is 1.65. The van der Waals surface area contributed by atoms with Crippen molar-refractivity contribution < 1.29 is 9.20 Å². The summed E-state index contributed by atoms with van der Waals surface area (Å²) >= 11 is 1.20. The van der Waals surface area contributed by atoms with E-state index < -0.39 is 0 Å². The van der Waals surface area contributed by atoms with Gasteiger partial charge in [0.05, 0.1) is 10.2 Å². The van der Waals surface area contributed by atoms with Gasteiger partial charge in [0.1, 0.15) is 0 Å². The lowest BCUT2D eigenvalue weighted by atomic mass is 10.3. The minimum Gasteiger partial charge on any atom is -0.362 e. The van der Waals surface area contributed by atoms with Crippen LogP contribution in [0, 0.1) is 0 Å². The highest BCUT2D eigenvalue weighted by Crippen LogP contribution is 2.18. The summed E-state index contributed by atoms with van der Waals surface area (Å²) in [7, 11) is 1.75. The van der Waals surface area contributed by atoms with E-state index in [1.54, 1.807) is 17.8 Å². The second kappa shape index (κ2) is 3.42. The van der Waals surface area contributed by atoms with E-state index in [0.717, 1.165) is 15.9 Å². The summed E-state index contributed by atoms with van der Waals surface area (Å²) in [5.74, 6) is 0.242. The van der Waals surface area contributed by atoms with Crippen LogP contribution >= 0.6 is 11.3 Å². The van der Waals surface area contributed by atoms with Crippen molar-refractivity contribution in [3.63, 3.8) is 0 Å². The van der Waals surface area contributed by atoms with Crippen LogP contribution in [0.15, 0.2) is 33.7 Å². The predicted molar refractivity (Wildman–Crippen MR) is 63.1 cm³/mol. The monoisotopic (exact) mass is 249 g/mol. The second-order valence-corrected chi connectivity index (χ2v) is 4.62. The number of fused-ring (bicyclic) bond motifs is 1. The van der Waals surface area contributed by atoms with Crippen molar-refractivity contribution >= 4 is 27.4 Å². The molecule has 2 heterocycles. The topological polar surface area (TPSA) is 77.9 Å². The molecular weight excluding hydrogens is 240 g/mol. The molecule has 0 spiro atoms. The first kappa shape index (κ1) is 10.0. The average molecular weight is 249 g/mol. The van der Waals surface area contributed by atoms with Crippen LogP contribution in [0.5, 0.6) is 0 Å². The molecule has 0 aliphatic heterocycles. The molecule has 0 aliphatic carbocycles. The van der Waals surface area contributed by atoms with Crippen molar-refractivity contribution in [3.8, 4) is 5.69 Å². The van der Waals surface area contributed by atoms with Crippen LogP contribution in [-0.4, -0.2) is 9.84 Å². The Morgan fingerprint density at radius 1 is 1.53 bits per heavy atom. The van der Waals surface area contributed by atoms with Crippen LogP contribution in [0.1, 0.15) is 0 Å². The molecule has 0 unspecified atom stereocenters. The van der Waals surface area contributed by atoms with Crippen LogP contribution in [0.3, 0.4) is 0 Å². The molecular formula is C10H9N4O2S+. The number of rotatable bonds is 1. The Kier molecular flexibility index (Phi) is 2.02. The normalized spacial score (nSPS) is 11.1. The zero-order valence-electron chi connectivity index (χ0n) is 8.95. The summed E-state index contributed by atoms with van der Waals surface area (Å²) in [4.78, 5) is 11.5. The molecule has 2 aromatic heterocycles. The smallest absolute Gasteiger partial charge is 0.307 e. The lowest BCUT2D eigenvalue weighted by Crippen LogP contribution is -2.31. The van der Waals surface area contributed by atoms with Gasteiger partial charge in [0.25, 0.3) is 12.1 Å². The van der Waals surface area contributed by atoms with Crippen molar-refractivity contribution in [3.05, 3.63) is 34.1 Å². The Balaban J connectivity index is 2.23. The fraction of sp³-hybridized carbons (Fsp3) is 0.100. The summed E-state index contributed by atoms with van der Waals surface area (Å²) in [5, 5.41) is 3.76. The minimum absolute atomic E-state index is 0.0156. The minimum atomic E-state index is 0.0156. The molecule has 1 aromatic carbocycles. The third kappa shape index (κ3) is 1.51. The molecule has 6 nitrogen and oxygen atoms in total. The highest BCUT2D eigenvalue weighted by atomic mass is 32.1. The Hall–Kier alpha value is -2.15. The van der Waals surface area contributed by atoms with Gasteiger partial charge in [-0.15, -0.1) is 0 Å². The van der Waals surface area contributed by atoms with Gasteiger partial charge in [-0.3, -0.25) is 9.32 Å². The predicted octanol–water partition coefficient (Wildman–Crippen LogP) is 0.447. The van der Waals surface area contributed by atoms with E-state index in [2.05, 4.69) is 5.27 Å². The summed E-state index contributed by atoms with van der Waals surface area (Å²) in [5.41, 5.74) is 7.16. The third-order valence-electron chi connectivity index (χ3n) is 2.52. The van der Waals surface area contributed by atoms with Gasteiger partial charge in [-0.25, -0.2) is 0 Å². The Morgan fingerprint density at radius 2 is 2.35 bits per heavy atom. The first-order chi connectivity index (χ1) is 8.15. The van der Waals surface area contributed by atoms with Crippen LogP contribution in [-0.2, 0) is 7.05 Å². The van der Waals surface area contributed by atoms with E-state index in [1.807, 2.05) is 18.2 Å². The second-order valence-electron chi connectivity index (χ2n) is 3.63. The number of nitrogens with two attached hydrogens (primary N) is 1. The van der Waals surface area contributed by atoms with Gasteiger partial charge in [-0.2, -0.15) is 0 Å². The van der Waals surface area contributed by atoms with E-state index in [0.29, 0.717) is 0 Å². The number of hydrogen-bond acceptors (Lipinski definition) is 5. The first-order valence-electron chi connectivity index (χ1n) is 4.89. The molecule has 0 atom stereocenters. The number of nitrogens with zero attached hydrogens (tertiary/aromatic N) is 3. The molecule has 86 valence electrons. The molecule has 0 saturated carbocycles. The lowest BCUT2D eigenvalue weighted by Gasteiger charge is -1.92. The molecule has 0 radical (unpaired) electrons. The SMILES string of the molecule is Cn1c(=O)sc2cc(-[n+]3cc(N)on3)ccc21. The Bertz CT molecular complexity index is 755. The Morgan fingerprint density at radius 3 is 3.06 bits per heavy atom. The maximum atomic E-state index is 11.5. The zero-order valence-corrected chi connectivity index (χ0v) is 9.77. The molecule has 0 amide bonds. The quantitative estimate of drug-likeness (QED) is 0.635. The van der Waals surface area contributed by atoms with Gasteiger partial charge in [0, 0.05) is 19.2 Å². The number of hydrogen-bond donors (Lipinski definition) is 1. The van der Waals surface area contributed by atoms with E-state index in [4.69, 9.17) is 10.3 Å². The van der Waals surface area contributed by atoms with E-state index in [9.17, 15) is 4.79 Å². The number of thiazole rings is 1. The largest absolute Gasteiger partial charge is 0.362 e. The highest BCUT2D eigenvalue weighted by molar-refractivity contribution is 7.16. The van der Waals surface area contributed by atoms with Gasteiger partial charge < -0.3 is 10.3 Å². The highest BCUT2D eigenvalue weighted by Gasteiger charge is 2.15. The summed E-state index contributed by atoms with van der Waals surface area (Å²) in [6.07, 6.45) is 1.58. The van der Waals surface area contributed by atoms with Crippen LogP contribution < -0.4 is 15.3 Å². The maximum absolute atomic E-state index is 11.5. The van der Waals surface area contributed by atoms with Crippen LogP contribution in [0.2, 0.25) is 0 Å². The average Bonchev–Trinajstić information content (AvgIpc) is 2.85. The number of benzene rings is 1. The standard InChI is InChI=1S/C10H9N4O2S/c1-13-7-3-2-6(4-8(7)17-10(13)15)14-5-9(11)16-12-14/h2-5H,11H2,1H3/q+1. The molecule has 17 heavy (non-hydrogen) atoms. The molecule has 0 fully saturated rings. The van der Waals surface area contributed by atoms with Crippen molar-refractivity contribution in [2.75, 3.05) is 5.73 Å². The summed E-state index contributed by atoms with van der Waals surface area (Å²) in [6, 6.07) is 5.61. The van der Waals surface area contributed by atoms with Gasteiger partial charge in [-0.05, 0) is 10.7 Å². The van der Waals surface area contributed by atoms with E-state index in [1.165, 1.54) is 16.0 Å². The molecule has 2 N–H and O–H groups in total. The number of aryl methyl sites for hydroxylation is 1. The van der Waals surface area contributed by atoms with E-state index >= 15 is 0 Å². The molecule has 0 aliphatic rings. The maximum Gasteiger partial charge on any atom is 0.307 e. The van der Waals surface area contributed by atoms with Crippen LogP contribution in [0.4, 0.5) is 5.88 Å². The summed E-state index contributed by atoms with van der Waals surface area (Å²) in [6.45, 7) is 0. The lowest BCUT2D eigenvalue weighted by molar-refractivity contribution is -0.670. The number of anilines is 1. The van der Waals surface area contributed by atoms with Gasteiger partial charge in [0.15, 0.2) is 0 Å². The number of aromatic nitrogens is 3. The molecule has 3 aromatic rings. The van der Waals surface area contributed by atoms with Crippen molar-refractivity contribution in [1.29, 1.82) is 0 Å². The van der Waals surface area contributed by atoms with E-state index in [-0.39, 0.29) is 10.8 Å². The summed E-state index contributed by atoms with van der Waals surface area (Å²) < 4.78 is 8.84. The molecule has 7 heteroatoms. The van der Waals surface area contributed by atoms with Gasteiger partial charge in [-0.1, -0.05) is 11.3 Å². The fourth-order valence-corrected chi connectivity index (χ4v) is 2.56. The van der Waals surface area contributed by atoms with Gasteiger partial charge >= 0.3 is 4.87 Å². The third-order valence-corrected chi connectivity index (χ3v) is 3.52. The molecule has 3 rings (SSSR count). The van der Waals surface area contributed by atoms with Crippen molar-refractivity contribution in [2.45, 2.75) is 0 Å². The Labute approximate surface area is 99.5 Å². The first-order valence-corrected chi connectivity index (χ1v) is 5.71. The van der Waals surface area contributed by atoms with Gasteiger partial charge in [0.2, 0.25) is 11.0 Å². The van der Waals surface area contributed by atoms with Crippen molar-refractivity contribution in [2.24, 2.45) is 7.05 Å². The molecule has 0 bridgehead atoms.